The molecule has 0 radical (unpaired) electrons. The maximum Gasteiger partial charge on any atom is 0.408 e. The Balaban J connectivity index is 1.70. The highest BCUT2D eigenvalue weighted by atomic mass is 16.7. The first-order valence-corrected chi connectivity index (χ1v) is 10.8. The Morgan fingerprint density at radius 2 is 1.72 bits per heavy atom. The molecule has 172 valence electrons. The molecule has 3 rings (SSSR count). The van der Waals surface area contributed by atoms with Crippen molar-refractivity contribution in [1.29, 1.82) is 0 Å². The number of nitrogens with one attached hydrogen (secondary N) is 1. The zero-order chi connectivity index (χ0) is 23.3. The molecule has 0 aliphatic carbocycles. The van der Waals surface area contributed by atoms with E-state index in [-0.39, 0.29) is 18.7 Å². The fourth-order valence-electron chi connectivity index (χ4n) is 3.51. The Hall–Kier alpha value is -3.22. The molecule has 1 aliphatic heterocycles. The van der Waals surface area contributed by atoms with Gasteiger partial charge >= 0.3 is 6.09 Å². The molecule has 1 heterocycles. The summed E-state index contributed by atoms with van der Waals surface area (Å²) in [5.41, 5.74) is 1.35. The fourth-order valence-corrected chi connectivity index (χ4v) is 3.51. The van der Waals surface area contributed by atoms with Crippen LogP contribution in [0.2, 0.25) is 0 Å². The van der Waals surface area contributed by atoms with E-state index in [0.29, 0.717) is 12.8 Å². The summed E-state index contributed by atoms with van der Waals surface area (Å²) in [4.78, 5) is 27.5. The molecule has 0 saturated carbocycles. The van der Waals surface area contributed by atoms with E-state index in [0.717, 1.165) is 22.6 Å². The summed E-state index contributed by atoms with van der Waals surface area (Å²) in [5, 5.41) is 2.77. The average Bonchev–Trinajstić information content (AvgIpc) is 3.19. The van der Waals surface area contributed by atoms with E-state index in [1.807, 2.05) is 55.5 Å². The van der Waals surface area contributed by atoms with Gasteiger partial charge in [0.05, 0.1) is 0 Å². The topological polar surface area (TPSA) is 77.1 Å². The summed E-state index contributed by atoms with van der Waals surface area (Å²) in [6.07, 6.45) is 0.409. The summed E-state index contributed by atoms with van der Waals surface area (Å²) in [5.74, 6) is 1.28. The second kappa shape index (κ2) is 9.94. The average molecular weight is 441 g/mol. The maximum absolute atomic E-state index is 13.4. The molecule has 0 aromatic heterocycles. The minimum atomic E-state index is -0.739. The van der Waals surface area contributed by atoms with Gasteiger partial charge in [-0.25, -0.2) is 4.79 Å². The zero-order valence-electron chi connectivity index (χ0n) is 19.4. The number of hydrogen-bond donors (Lipinski definition) is 1. The summed E-state index contributed by atoms with van der Waals surface area (Å²) >= 11 is 0. The number of hydrogen-bond acceptors (Lipinski definition) is 5. The number of benzene rings is 2. The number of likely N-dealkylation sites (N-methyl/N-ethyl adjacent to an activating group) is 1. The Kier molecular flexibility index (Phi) is 7.28. The van der Waals surface area contributed by atoms with Crippen molar-refractivity contribution in [2.45, 2.75) is 58.2 Å². The van der Waals surface area contributed by atoms with Crippen LogP contribution < -0.4 is 14.8 Å². The summed E-state index contributed by atoms with van der Waals surface area (Å²) in [6, 6.07) is 14.6. The van der Waals surface area contributed by atoms with Crippen LogP contribution in [0.5, 0.6) is 11.5 Å². The quantitative estimate of drug-likeness (QED) is 0.706. The third-order valence-electron chi connectivity index (χ3n) is 5.25. The number of ether oxygens (including phenoxy) is 3. The second-order valence-corrected chi connectivity index (χ2v) is 9.08. The van der Waals surface area contributed by atoms with E-state index >= 15 is 0 Å². The maximum atomic E-state index is 13.4. The lowest BCUT2D eigenvalue weighted by atomic mass is 10.0. The molecule has 0 fully saturated rings. The van der Waals surface area contributed by atoms with E-state index < -0.39 is 17.7 Å². The molecule has 2 amide bonds. The van der Waals surface area contributed by atoms with Crippen LogP contribution in [0.3, 0.4) is 0 Å². The van der Waals surface area contributed by atoms with Crippen molar-refractivity contribution < 1.29 is 23.8 Å². The Morgan fingerprint density at radius 1 is 1.03 bits per heavy atom. The number of rotatable bonds is 7. The van der Waals surface area contributed by atoms with Crippen LogP contribution >= 0.6 is 0 Å². The van der Waals surface area contributed by atoms with Crippen molar-refractivity contribution in [3.63, 3.8) is 0 Å². The van der Waals surface area contributed by atoms with Crippen LogP contribution in [0.25, 0.3) is 0 Å². The Labute approximate surface area is 189 Å². The predicted molar refractivity (Wildman–Crippen MR) is 122 cm³/mol. The van der Waals surface area contributed by atoms with E-state index in [1.165, 1.54) is 0 Å². The van der Waals surface area contributed by atoms with Crippen LogP contribution in [0.1, 0.15) is 38.8 Å². The molecule has 2 atom stereocenters. The minimum absolute atomic E-state index is 0.0958. The zero-order valence-corrected chi connectivity index (χ0v) is 19.4. The fraction of sp³-hybridized carbons (Fsp3) is 0.440. The third-order valence-corrected chi connectivity index (χ3v) is 5.25. The Bertz CT molecular complexity index is 939. The first-order valence-electron chi connectivity index (χ1n) is 10.8. The lowest BCUT2D eigenvalue weighted by molar-refractivity contribution is -0.133. The highest BCUT2D eigenvalue weighted by Crippen LogP contribution is 2.33. The molecule has 2 aromatic rings. The van der Waals surface area contributed by atoms with Gasteiger partial charge in [-0.2, -0.15) is 0 Å². The van der Waals surface area contributed by atoms with Gasteiger partial charge in [0.1, 0.15) is 11.6 Å². The van der Waals surface area contributed by atoms with E-state index in [9.17, 15) is 9.59 Å². The molecule has 7 heteroatoms. The van der Waals surface area contributed by atoms with Crippen molar-refractivity contribution in [2.75, 3.05) is 13.8 Å². The number of fused-ring (bicyclic) bond motifs is 1. The van der Waals surface area contributed by atoms with E-state index in [2.05, 4.69) is 5.32 Å². The lowest BCUT2D eigenvalue weighted by Crippen LogP contribution is -2.52. The molecule has 7 nitrogen and oxygen atoms in total. The van der Waals surface area contributed by atoms with Crippen LogP contribution in [0.15, 0.2) is 48.5 Å². The minimum Gasteiger partial charge on any atom is -0.454 e. The number of carbonyl (C=O) groups is 2. The molecule has 2 aromatic carbocycles. The van der Waals surface area contributed by atoms with Gasteiger partial charge in [-0.1, -0.05) is 36.4 Å². The number of carbonyl (C=O) groups excluding carboxylic acids is 2. The first kappa shape index (κ1) is 23.4. The van der Waals surface area contributed by atoms with Gasteiger partial charge in [-0.15, -0.1) is 0 Å². The SMILES string of the molecule is C[C@@H](Cc1ccc2c(c1)OCO2)N(C)C(=O)[C@@H](Cc1ccccc1)NC(=O)OC(C)(C)C. The second-order valence-electron chi connectivity index (χ2n) is 9.08. The van der Waals surface area contributed by atoms with Crippen molar-refractivity contribution in [3.05, 3.63) is 59.7 Å². The van der Waals surface area contributed by atoms with Crippen molar-refractivity contribution in [3.8, 4) is 11.5 Å². The number of nitrogens with zero attached hydrogens (tertiary/aromatic N) is 1. The molecular weight excluding hydrogens is 408 g/mol. The normalized spacial score (nSPS) is 14.4. The molecule has 0 spiro atoms. The van der Waals surface area contributed by atoms with Gasteiger partial charge in [0, 0.05) is 19.5 Å². The van der Waals surface area contributed by atoms with Gasteiger partial charge in [0.2, 0.25) is 12.7 Å². The van der Waals surface area contributed by atoms with E-state index in [4.69, 9.17) is 14.2 Å². The van der Waals surface area contributed by atoms with Crippen LogP contribution in [0.4, 0.5) is 4.79 Å². The lowest BCUT2D eigenvalue weighted by Gasteiger charge is -2.30. The molecule has 32 heavy (non-hydrogen) atoms. The van der Waals surface area contributed by atoms with Gasteiger partial charge in [0.25, 0.3) is 0 Å². The molecule has 0 bridgehead atoms. The first-order chi connectivity index (χ1) is 15.1. The van der Waals surface area contributed by atoms with Gasteiger partial charge in [-0.05, 0) is 57.4 Å². The predicted octanol–water partition coefficient (Wildman–Crippen LogP) is 3.94. The van der Waals surface area contributed by atoms with Gasteiger partial charge in [-0.3, -0.25) is 4.79 Å². The van der Waals surface area contributed by atoms with Crippen molar-refractivity contribution in [1.82, 2.24) is 10.2 Å². The molecule has 0 saturated heterocycles. The summed E-state index contributed by atoms with van der Waals surface area (Å²) in [6.45, 7) is 7.58. The highest BCUT2D eigenvalue weighted by Gasteiger charge is 2.29. The third kappa shape index (κ3) is 6.39. The van der Waals surface area contributed by atoms with Crippen molar-refractivity contribution >= 4 is 12.0 Å². The molecule has 1 N–H and O–H groups in total. The van der Waals surface area contributed by atoms with Crippen LogP contribution in [0, 0.1) is 0 Å². The highest BCUT2D eigenvalue weighted by molar-refractivity contribution is 5.86. The largest absolute Gasteiger partial charge is 0.454 e. The standard InChI is InChI=1S/C25H32N2O5/c1-17(13-19-11-12-21-22(15-19)31-16-30-21)27(5)23(28)20(14-18-9-7-6-8-10-18)26-24(29)32-25(2,3)4/h6-12,15,17,20H,13-14,16H2,1-5H3,(H,26,29)/t17-,20+/m0/s1. The van der Waals surface area contributed by atoms with E-state index in [1.54, 1.807) is 32.7 Å². The summed E-state index contributed by atoms with van der Waals surface area (Å²) < 4.78 is 16.2. The monoisotopic (exact) mass is 440 g/mol. The van der Waals surface area contributed by atoms with Crippen LogP contribution in [-0.4, -0.2) is 48.4 Å². The van der Waals surface area contributed by atoms with Gasteiger partial charge in [0.15, 0.2) is 11.5 Å². The smallest absolute Gasteiger partial charge is 0.408 e. The van der Waals surface area contributed by atoms with Crippen LogP contribution in [-0.2, 0) is 22.4 Å². The Morgan fingerprint density at radius 3 is 2.41 bits per heavy atom. The summed E-state index contributed by atoms with van der Waals surface area (Å²) in [7, 11) is 1.76. The molecule has 0 unspecified atom stereocenters. The number of amides is 2. The molecule has 1 aliphatic rings. The number of alkyl carbamates (subject to hydrolysis) is 1. The molecular formula is C25H32N2O5. The van der Waals surface area contributed by atoms with Gasteiger partial charge < -0.3 is 24.4 Å². The van der Waals surface area contributed by atoms with Crippen molar-refractivity contribution in [2.24, 2.45) is 0 Å².